The molecular formula is C14H19BrN2OS. The Hall–Kier alpha value is -0.650. The van der Waals surface area contributed by atoms with E-state index in [4.69, 9.17) is 4.74 Å². The molecule has 0 aliphatic carbocycles. The Morgan fingerprint density at radius 2 is 2.21 bits per heavy atom. The second kappa shape index (κ2) is 7.22. The summed E-state index contributed by atoms with van der Waals surface area (Å²) in [5.41, 5.74) is 1.04. The van der Waals surface area contributed by atoms with Crippen LogP contribution >= 0.6 is 27.3 Å². The van der Waals surface area contributed by atoms with Crippen LogP contribution in [0.25, 0.3) is 10.2 Å². The van der Waals surface area contributed by atoms with Gasteiger partial charge in [0.25, 0.3) is 0 Å². The van der Waals surface area contributed by atoms with Crippen molar-refractivity contribution in [3.05, 3.63) is 22.7 Å². The van der Waals surface area contributed by atoms with Gasteiger partial charge in [0, 0.05) is 17.6 Å². The number of nitrogens with one attached hydrogen (secondary N) is 1. The molecular weight excluding hydrogens is 324 g/mol. The highest BCUT2D eigenvalue weighted by Gasteiger charge is 2.03. The molecule has 0 unspecified atom stereocenters. The summed E-state index contributed by atoms with van der Waals surface area (Å²) in [6.07, 6.45) is 1.12. The van der Waals surface area contributed by atoms with Crippen molar-refractivity contribution in [1.82, 2.24) is 4.98 Å². The number of thiazole rings is 1. The summed E-state index contributed by atoms with van der Waals surface area (Å²) < 4.78 is 7.85. The van der Waals surface area contributed by atoms with Gasteiger partial charge in [0.05, 0.1) is 16.8 Å². The molecule has 0 spiro atoms. The van der Waals surface area contributed by atoms with Gasteiger partial charge in [0.1, 0.15) is 0 Å². The first kappa shape index (κ1) is 14.8. The van der Waals surface area contributed by atoms with E-state index in [-0.39, 0.29) is 0 Å². The maximum absolute atomic E-state index is 5.57. The van der Waals surface area contributed by atoms with Crippen molar-refractivity contribution in [3.63, 3.8) is 0 Å². The zero-order valence-corrected chi connectivity index (χ0v) is 13.7. The van der Waals surface area contributed by atoms with E-state index in [0.29, 0.717) is 5.92 Å². The number of rotatable bonds is 7. The normalized spacial score (nSPS) is 11.4. The van der Waals surface area contributed by atoms with Crippen LogP contribution in [0, 0.1) is 5.92 Å². The SMILES string of the molecule is CC(C)CCOCCNc1nc2ccc(Br)cc2s1. The number of hydrogen-bond acceptors (Lipinski definition) is 4. The number of aromatic nitrogens is 1. The van der Waals surface area contributed by atoms with Crippen molar-refractivity contribution in [2.24, 2.45) is 5.92 Å². The third kappa shape index (κ3) is 4.75. The molecule has 3 nitrogen and oxygen atoms in total. The molecule has 0 amide bonds. The van der Waals surface area contributed by atoms with Gasteiger partial charge in [-0.1, -0.05) is 41.1 Å². The number of halogens is 1. The number of ether oxygens (including phenoxy) is 1. The summed E-state index contributed by atoms with van der Waals surface area (Å²) in [5, 5.41) is 4.27. The van der Waals surface area contributed by atoms with Gasteiger partial charge in [-0.15, -0.1) is 0 Å². The molecule has 0 aliphatic heterocycles. The Bertz CT molecular complexity index is 527. The smallest absolute Gasteiger partial charge is 0.183 e. The fraction of sp³-hybridized carbons (Fsp3) is 0.500. The lowest BCUT2D eigenvalue weighted by Gasteiger charge is -2.06. The highest BCUT2D eigenvalue weighted by molar-refractivity contribution is 9.10. The number of benzene rings is 1. The molecule has 0 saturated carbocycles. The first-order chi connectivity index (χ1) is 9.15. The van der Waals surface area contributed by atoms with Crippen LogP contribution in [0.2, 0.25) is 0 Å². The molecule has 0 radical (unpaired) electrons. The van der Waals surface area contributed by atoms with Gasteiger partial charge < -0.3 is 10.1 Å². The van der Waals surface area contributed by atoms with E-state index < -0.39 is 0 Å². The lowest BCUT2D eigenvalue weighted by atomic mass is 10.1. The fourth-order valence-electron chi connectivity index (χ4n) is 1.63. The van der Waals surface area contributed by atoms with Crippen LogP contribution in [0.15, 0.2) is 22.7 Å². The van der Waals surface area contributed by atoms with Gasteiger partial charge in [-0.25, -0.2) is 4.98 Å². The van der Waals surface area contributed by atoms with Crippen molar-refractivity contribution < 1.29 is 4.74 Å². The van der Waals surface area contributed by atoms with Gasteiger partial charge in [-0.3, -0.25) is 0 Å². The molecule has 1 aromatic heterocycles. The van der Waals surface area contributed by atoms with Crippen molar-refractivity contribution in [1.29, 1.82) is 0 Å². The highest BCUT2D eigenvalue weighted by atomic mass is 79.9. The summed E-state index contributed by atoms with van der Waals surface area (Å²) in [6, 6.07) is 6.14. The third-order valence-electron chi connectivity index (χ3n) is 2.71. The zero-order valence-electron chi connectivity index (χ0n) is 11.3. The van der Waals surface area contributed by atoms with E-state index in [2.05, 4.69) is 46.1 Å². The molecule has 104 valence electrons. The van der Waals surface area contributed by atoms with E-state index in [1.54, 1.807) is 11.3 Å². The minimum Gasteiger partial charge on any atom is -0.380 e. The minimum atomic E-state index is 0.704. The standard InChI is InChI=1S/C14H19BrN2OS/c1-10(2)5-7-18-8-6-16-14-17-12-4-3-11(15)9-13(12)19-14/h3-4,9-10H,5-8H2,1-2H3,(H,16,17). The van der Waals surface area contributed by atoms with Gasteiger partial charge in [-0.05, 0) is 30.5 Å². The molecule has 2 aromatic rings. The van der Waals surface area contributed by atoms with Crippen LogP contribution in [0.5, 0.6) is 0 Å². The monoisotopic (exact) mass is 342 g/mol. The van der Waals surface area contributed by atoms with Gasteiger partial charge in [-0.2, -0.15) is 0 Å². The number of nitrogens with zero attached hydrogens (tertiary/aromatic N) is 1. The Kier molecular flexibility index (Phi) is 5.60. The first-order valence-electron chi connectivity index (χ1n) is 6.53. The molecule has 0 fully saturated rings. The molecule has 5 heteroatoms. The Labute approximate surface area is 126 Å². The molecule has 19 heavy (non-hydrogen) atoms. The van der Waals surface area contributed by atoms with Crippen LogP contribution in [-0.4, -0.2) is 24.7 Å². The molecule has 1 aromatic carbocycles. The predicted molar refractivity (Wildman–Crippen MR) is 86.1 cm³/mol. The first-order valence-corrected chi connectivity index (χ1v) is 8.14. The van der Waals surface area contributed by atoms with Gasteiger partial charge >= 0.3 is 0 Å². The molecule has 0 atom stereocenters. The lowest BCUT2D eigenvalue weighted by molar-refractivity contribution is 0.132. The topological polar surface area (TPSA) is 34.1 Å². The van der Waals surface area contributed by atoms with E-state index in [9.17, 15) is 0 Å². The highest BCUT2D eigenvalue weighted by Crippen LogP contribution is 2.28. The third-order valence-corrected chi connectivity index (χ3v) is 4.18. The molecule has 1 heterocycles. The summed E-state index contributed by atoms with van der Waals surface area (Å²) in [4.78, 5) is 4.53. The molecule has 0 saturated heterocycles. The van der Waals surface area contributed by atoms with Crippen molar-refractivity contribution in [3.8, 4) is 0 Å². The second-order valence-electron chi connectivity index (χ2n) is 4.85. The minimum absolute atomic E-state index is 0.704. The van der Waals surface area contributed by atoms with Crippen molar-refractivity contribution in [2.75, 3.05) is 25.1 Å². The van der Waals surface area contributed by atoms with Gasteiger partial charge in [0.2, 0.25) is 0 Å². The van der Waals surface area contributed by atoms with Crippen LogP contribution < -0.4 is 5.32 Å². The number of fused-ring (bicyclic) bond motifs is 1. The number of anilines is 1. The fourth-order valence-corrected chi connectivity index (χ4v) is 3.07. The summed E-state index contributed by atoms with van der Waals surface area (Å²) in [7, 11) is 0. The summed E-state index contributed by atoms with van der Waals surface area (Å²) >= 11 is 5.15. The maximum atomic E-state index is 5.57. The van der Waals surface area contributed by atoms with Crippen molar-refractivity contribution >= 4 is 42.6 Å². The number of hydrogen-bond donors (Lipinski definition) is 1. The Morgan fingerprint density at radius 1 is 1.37 bits per heavy atom. The summed E-state index contributed by atoms with van der Waals surface area (Å²) in [6.45, 7) is 6.79. The second-order valence-corrected chi connectivity index (χ2v) is 6.80. The van der Waals surface area contributed by atoms with Crippen LogP contribution in [0.1, 0.15) is 20.3 Å². The zero-order chi connectivity index (χ0) is 13.7. The molecule has 1 N–H and O–H groups in total. The summed E-state index contributed by atoms with van der Waals surface area (Å²) in [5.74, 6) is 0.704. The van der Waals surface area contributed by atoms with Gasteiger partial charge in [0.15, 0.2) is 5.13 Å². The molecule has 0 aliphatic rings. The van der Waals surface area contributed by atoms with Crippen LogP contribution in [-0.2, 0) is 4.74 Å². The van der Waals surface area contributed by atoms with Crippen LogP contribution in [0.3, 0.4) is 0 Å². The van der Waals surface area contributed by atoms with E-state index in [1.807, 2.05) is 12.1 Å². The van der Waals surface area contributed by atoms with E-state index in [1.165, 1.54) is 4.70 Å². The van der Waals surface area contributed by atoms with Crippen LogP contribution in [0.4, 0.5) is 5.13 Å². The molecule has 0 bridgehead atoms. The Balaban J connectivity index is 1.75. The maximum Gasteiger partial charge on any atom is 0.183 e. The van der Waals surface area contributed by atoms with E-state index >= 15 is 0 Å². The van der Waals surface area contributed by atoms with Crippen molar-refractivity contribution in [2.45, 2.75) is 20.3 Å². The molecule has 2 rings (SSSR count). The van der Waals surface area contributed by atoms with E-state index in [0.717, 1.165) is 41.3 Å². The Morgan fingerprint density at radius 3 is 3.00 bits per heavy atom. The average molecular weight is 343 g/mol. The largest absolute Gasteiger partial charge is 0.380 e. The average Bonchev–Trinajstić information content (AvgIpc) is 2.75. The predicted octanol–water partition coefficient (Wildman–Crippen LogP) is 4.53. The quantitative estimate of drug-likeness (QED) is 0.750. The lowest BCUT2D eigenvalue weighted by Crippen LogP contribution is -2.10.